The zero-order chi connectivity index (χ0) is 16.9. The van der Waals surface area contributed by atoms with E-state index >= 15 is 0 Å². The molecule has 0 spiro atoms. The number of ether oxygens (including phenoxy) is 2. The first-order chi connectivity index (χ1) is 11.7. The van der Waals surface area contributed by atoms with E-state index in [1.165, 1.54) is 0 Å². The minimum Gasteiger partial charge on any atom is -0.491 e. The highest BCUT2D eigenvalue weighted by Crippen LogP contribution is 2.20. The summed E-state index contributed by atoms with van der Waals surface area (Å²) < 4.78 is 14.1. The van der Waals surface area contributed by atoms with Crippen molar-refractivity contribution in [3.8, 4) is 5.75 Å². The molecule has 0 saturated carbocycles. The van der Waals surface area contributed by atoms with Crippen LogP contribution in [0.4, 0.5) is 5.69 Å². The summed E-state index contributed by atoms with van der Waals surface area (Å²) in [7, 11) is 0. The number of rotatable bonds is 6. The molecule has 0 radical (unpaired) electrons. The molecule has 1 aromatic heterocycles. The third kappa shape index (κ3) is 4.19. The summed E-state index contributed by atoms with van der Waals surface area (Å²) in [5, 5.41) is 2.91. The van der Waals surface area contributed by atoms with Gasteiger partial charge in [-0.1, -0.05) is 0 Å². The second-order valence-electron chi connectivity index (χ2n) is 5.75. The molecular weight excluding hydrogens is 372 g/mol. The topological polar surface area (TPSA) is 52.5 Å². The number of hydrogen-bond acceptors (Lipinski definition) is 3. The number of carbonyl (C=O) groups is 1. The SMILES string of the molecule is CCn1cc(Br)cc1C(=O)Nc1ccc(OCC2CCCO2)cc1. The van der Waals surface area contributed by atoms with Gasteiger partial charge in [0.05, 0.1) is 6.10 Å². The fraction of sp³-hybridized carbons (Fsp3) is 0.389. The van der Waals surface area contributed by atoms with Gasteiger partial charge in [0.15, 0.2) is 0 Å². The number of aryl methyl sites for hydroxylation is 1. The number of benzene rings is 1. The van der Waals surface area contributed by atoms with Crippen molar-refractivity contribution in [3.05, 3.63) is 46.7 Å². The van der Waals surface area contributed by atoms with Crippen LogP contribution in [-0.2, 0) is 11.3 Å². The molecule has 1 aliphatic heterocycles. The van der Waals surface area contributed by atoms with E-state index < -0.39 is 0 Å². The van der Waals surface area contributed by atoms with Crippen LogP contribution in [0.25, 0.3) is 0 Å². The summed E-state index contributed by atoms with van der Waals surface area (Å²) >= 11 is 3.40. The van der Waals surface area contributed by atoms with Crippen LogP contribution in [0.5, 0.6) is 5.75 Å². The standard InChI is InChI=1S/C18H21BrN2O3/c1-2-21-11-13(19)10-17(21)18(22)20-14-5-7-15(8-6-14)24-12-16-4-3-9-23-16/h5-8,10-11,16H,2-4,9,12H2,1H3,(H,20,22). The molecule has 1 fully saturated rings. The highest BCUT2D eigenvalue weighted by molar-refractivity contribution is 9.10. The van der Waals surface area contributed by atoms with Gasteiger partial charge in [0.1, 0.15) is 18.1 Å². The third-order valence-electron chi connectivity index (χ3n) is 4.01. The van der Waals surface area contributed by atoms with Gasteiger partial charge in [-0.2, -0.15) is 0 Å². The number of halogens is 1. The second-order valence-corrected chi connectivity index (χ2v) is 6.67. The predicted octanol–water partition coefficient (Wildman–Crippen LogP) is 4.08. The number of anilines is 1. The average Bonchev–Trinajstić information content (AvgIpc) is 3.23. The normalized spacial score (nSPS) is 17.0. The molecule has 2 aromatic rings. The predicted molar refractivity (Wildman–Crippen MR) is 96.7 cm³/mol. The zero-order valence-electron chi connectivity index (χ0n) is 13.6. The van der Waals surface area contributed by atoms with Crippen LogP contribution in [0.15, 0.2) is 41.0 Å². The summed E-state index contributed by atoms with van der Waals surface area (Å²) in [5.41, 5.74) is 1.37. The number of nitrogens with one attached hydrogen (secondary N) is 1. The Morgan fingerprint density at radius 1 is 1.42 bits per heavy atom. The van der Waals surface area contributed by atoms with Crippen LogP contribution in [0, 0.1) is 0 Å². The molecule has 0 bridgehead atoms. The molecule has 2 heterocycles. The molecule has 1 atom stereocenters. The largest absolute Gasteiger partial charge is 0.491 e. The maximum absolute atomic E-state index is 12.4. The van der Waals surface area contributed by atoms with Gasteiger partial charge in [0, 0.05) is 29.5 Å². The zero-order valence-corrected chi connectivity index (χ0v) is 15.2. The molecule has 5 nitrogen and oxygen atoms in total. The summed E-state index contributed by atoms with van der Waals surface area (Å²) in [6.07, 6.45) is 4.26. The first-order valence-corrected chi connectivity index (χ1v) is 8.96. The fourth-order valence-corrected chi connectivity index (χ4v) is 3.19. The Balaban J connectivity index is 1.58. The van der Waals surface area contributed by atoms with Gasteiger partial charge >= 0.3 is 0 Å². The van der Waals surface area contributed by atoms with Crippen molar-refractivity contribution in [2.24, 2.45) is 0 Å². The van der Waals surface area contributed by atoms with Crippen LogP contribution < -0.4 is 10.1 Å². The number of amides is 1. The first-order valence-electron chi connectivity index (χ1n) is 8.17. The minimum atomic E-state index is -0.129. The maximum Gasteiger partial charge on any atom is 0.272 e. The van der Waals surface area contributed by atoms with Gasteiger partial charge < -0.3 is 19.4 Å². The van der Waals surface area contributed by atoms with Crippen LogP contribution >= 0.6 is 15.9 Å². The first kappa shape index (κ1) is 17.0. The van der Waals surface area contributed by atoms with E-state index in [1.807, 2.05) is 48.0 Å². The van der Waals surface area contributed by atoms with E-state index in [1.54, 1.807) is 0 Å². The van der Waals surface area contributed by atoms with Crippen molar-refractivity contribution >= 4 is 27.5 Å². The number of carbonyl (C=O) groups excluding carboxylic acids is 1. The van der Waals surface area contributed by atoms with E-state index in [9.17, 15) is 4.79 Å². The second kappa shape index (κ2) is 7.85. The molecule has 1 N–H and O–H groups in total. The fourth-order valence-electron chi connectivity index (χ4n) is 2.72. The Morgan fingerprint density at radius 2 is 2.21 bits per heavy atom. The molecule has 0 aliphatic carbocycles. The highest BCUT2D eigenvalue weighted by Gasteiger charge is 2.16. The van der Waals surface area contributed by atoms with Gasteiger partial charge in [0.25, 0.3) is 5.91 Å². The lowest BCUT2D eigenvalue weighted by Crippen LogP contribution is -2.17. The quantitative estimate of drug-likeness (QED) is 0.805. The lowest BCUT2D eigenvalue weighted by Gasteiger charge is -2.12. The molecule has 1 aromatic carbocycles. The molecule has 3 rings (SSSR count). The van der Waals surface area contributed by atoms with E-state index in [2.05, 4.69) is 21.2 Å². The van der Waals surface area contributed by atoms with Gasteiger partial charge in [-0.05, 0) is 66.0 Å². The van der Waals surface area contributed by atoms with Crippen molar-refractivity contribution in [2.75, 3.05) is 18.5 Å². The van der Waals surface area contributed by atoms with Gasteiger partial charge in [0.2, 0.25) is 0 Å². The Bertz CT molecular complexity index is 691. The molecule has 1 unspecified atom stereocenters. The lowest BCUT2D eigenvalue weighted by molar-refractivity contribution is 0.0679. The Morgan fingerprint density at radius 3 is 2.88 bits per heavy atom. The number of nitrogens with zero attached hydrogens (tertiary/aromatic N) is 1. The summed E-state index contributed by atoms with van der Waals surface area (Å²) in [5.74, 6) is 0.652. The Labute approximate surface area is 150 Å². The molecule has 1 amide bonds. The van der Waals surface area contributed by atoms with Gasteiger partial charge in [-0.25, -0.2) is 0 Å². The molecular formula is C18H21BrN2O3. The maximum atomic E-state index is 12.4. The van der Waals surface area contributed by atoms with Crippen molar-refractivity contribution in [1.29, 1.82) is 0 Å². The van der Waals surface area contributed by atoms with E-state index in [0.29, 0.717) is 12.3 Å². The van der Waals surface area contributed by atoms with Gasteiger partial charge in [-0.3, -0.25) is 4.79 Å². The van der Waals surface area contributed by atoms with Crippen molar-refractivity contribution in [2.45, 2.75) is 32.4 Å². The lowest BCUT2D eigenvalue weighted by atomic mass is 10.2. The van der Waals surface area contributed by atoms with E-state index in [-0.39, 0.29) is 12.0 Å². The molecule has 128 valence electrons. The molecule has 24 heavy (non-hydrogen) atoms. The van der Waals surface area contributed by atoms with Crippen LogP contribution in [0.3, 0.4) is 0 Å². The minimum absolute atomic E-state index is 0.129. The smallest absolute Gasteiger partial charge is 0.272 e. The number of aromatic nitrogens is 1. The average molecular weight is 393 g/mol. The van der Waals surface area contributed by atoms with Crippen LogP contribution in [-0.4, -0.2) is 29.8 Å². The Hall–Kier alpha value is -1.79. The molecule has 6 heteroatoms. The molecule has 1 aliphatic rings. The van der Waals surface area contributed by atoms with Crippen molar-refractivity contribution in [1.82, 2.24) is 4.57 Å². The highest BCUT2D eigenvalue weighted by atomic mass is 79.9. The summed E-state index contributed by atoms with van der Waals surface area (Å²) in [4.78, 5) is 12.4. The van der Waals surface area contributed by atoms with Crippen molar-refractivity contribution < 1.29 is 14.3 Å². The Kier molecular flexibility index (Phi) is 5.58. The summed E-state index contributed by atoms with van der Waals surface area (Å²) in [6.45, 7) is 4.14. The van der Waals surface area contributed by atoms with Crippen LogP contribution in [0.1, 0.15) is 30.3 Å². The number of hydrogen-bond donors (Lipinski definition) is 1. The monoisotopic (exact) mass is 392 g/mol. The van der Waals surface area contributed by atoms with Crippen LogP contribution in [0.2, 0.25) is 0 Å². The van der Waals surface area contributed by atoms with E-state index in [4.69, 9.17) is 9.47 Å². The summed E-state index contributed by atoms with van der Waals surface area (Å²) in [6, 6.07) is 9.23. The third-order valence-corrected chi connectivity index (χ3v) is 4.44. The van der Waals surface area contributed by atoms with Gasteiger partial charge in [-0.15, -0.1) is 0 Å². The van der Waals surface area contributed by atoms with E-state index in [0.717, 1.165) is 41.9 Å². The molecule has 1 saturated heterocycles. The van der Waals surface area contributed by atoms with Crippen molar-refractivity contribution in [3.63, 3.8) is 0 Å².